The van der Waals surface area contributed by atoms with E-state index >= 15 is 0 Å². The van der Waals surface area contributed by atoms with E-state index in [1.807, 2.05) is 14.1 Å². The van der Waals surface area contributed by atoms with Crippen molar-refractivity contribution in [1.29, 1.82) is 0 Å². The third kappa shape index (κ3) is 44.0. The predicted octanol–water partition coefficient (Wildman–Crippen LogP) is -0.799. The summed E-state index contributed by atoms with van der Waals surface area (Å²) in [6.07, 6.45) is 5.31. The SMILES string of the molecule is C#CCNC=O.CNC. The van der Waals surface area contributed by atoms with Crippen molar-refractivity contribution in [2.45, 2.75) is 0 Å². The minimum absolute atomic E-state index is 0.323. The van der Waals surface area contributed by atoms with Crippen molar-refractivity contribution < 1.29 is 4.79 Å². The summed E-state index contributed by atoms with van der Waals surface area (Å²) in [7, 11) is 3.75. The van der Waals surface area contributed by atoms with Gasteiger partial charge in [0.2, 0.25) is 6.41 Å². The van der Waals surface area contributed by atoms with Gasteiger partial charge in [0, 0.05) is 0 Å². The van der Waals surface area contributed by atoms with E-state index in [4.69, 9.17) is 6.42 Å². The van der Waals surface area contributed by atoms with E-state index in [1.54, 1.807) is 0 Å². The second-order valence-corrected chi connectivity index (χ2v) is 1.20. The zero-order chi connectivity index (χ0) is 7.54. The van der Waals surface area contributed by atoms with Crippen molar-refractivity contribution in [2.24, 2.45) is 0 Å². The predicted molar refractivity (Wildman–Crippen MR) is 37.9 cm³/mol. The fourth-order valence-corrected chi connectivity index (χ4v) is 0.101. The monoisotopic (exact) mass is 128 g/mol. The molecule has 0 spiro atoms. The van der Waals surface area contributed by atoms with E-state index in [1.165, 1.54) is 0 Å². The Kier molecular flexibility index (Phi) is 19.0. The van der Waals surface area contributed by atoms with E-state index in [-0.39, 0.29) is 0 Å². The topological polar surface area (TPSA) is 41.1 Å². The van der Waals surface area contributed by atoms with E-state index in [0.29, 0.717) is 13.0 Å². The molecule has 0 rings (SSSR count). The van der Waals surface area contributed by atoms with Crippen LogP contribution < -0.4 is 10.6 Å². The molecule has 0 saturated heterocycles. The molecule has 0 bridgehead atoms. The van der Waals surface area contributed by atoms with Gasteiger partial charge < -0.3 is 10.6 Å². The van der Waals surface area contributed by atoms with Gasteiger partial charge in [-0.2, -0.15) is 0 Å². The largest absolute Gasteiger partial charge is 0.348 e. The third-order valence-electron chi connectivity index (χ3n) is 0.287. The molecule has 0 aliphatic rings. The Morgan fingerprint density at radius 3 is 2.22 bits per heavy atom. The number of terminal acetylenes is 1. The molecule has 0 aromatic rings. The average molecular weight is 128 g/mol. The van der Waals surface area contributed by atoms with Gasteiger partial charge in [0.25, 0.3) is 0 Å². The molecular weight excluding hydrogens is 116 g/mol. The number of hydrogen-bond acceptors (Lipinski definition) is 2. The maximum absolute atomic E-state index is 9.36. The number of amides is 1. The number of carbonyl (C=O) groups excluding carboxylic acids is 1. The lowest BCUT2D eigenvalue weighted by Gasteiger charge is -1.78. The van der Waals surface area contributed by atoms with Crippen molar-refractivity contribution in [3.8, 4) is 12.3 Å². The lowest BCUT2D eigenvalue weighted by atomic mass is 10.7. The van der Waals surface area contributed by atoms with Gasteiger partial charge in [-0.25, -0.2) is 0 Å². The van der Waals surface area contributed by atoms with Crippen LogP contribution in [0.5, 0.6) is 0 Å². The molecule has 0 radical (unpaired) electrons. The highest BCUT2D eigenvalue weighted by molar-refractivity contribution is 5.46. The number of hydrogen-bond donors (Lipinski definition) is 2. The van der Waals surface area contributed by atoms with Gasteiger partial charge >= 0.3 is 0 Å². The van der Waals surface area contributed by atoms with Gasteiger partial charge in [-0.1, -0.05) is 5.92 Å². The average Bonchev–Trinajstić information content (AvgIpc) is 1.86. The zero-order valence-electron chi connectivity index (χ0n) is 5.77. The lowest BCUT2D eigenvalue weighted by Crippen LogP contribution is -2.09. The van der Waals surface area contributed by atoms with Gasteiger partial charge in [-0.3, -0.25) is 4.79 Å². The molecule has 0 aromatic carbocycles. The maximum Gasteiger partial charge on any atom is 0.207 e. The molecule has 9 heavy (non-hydrogen) atoms. The van der Waals surface area contributed by atoms with Crippen molar-refractivity contribution in [1.82, 2.24) is 10.6 Å². The first-order valence-electron chi connectivity index (χ1n) is 2.52. The molecule has 1 amide bonds. The van der Waals surface area contributed by atoms with Crippen LogP contribution in [0, 0.1) is 12.3 Å². The van der Waals surface area contributed by atoms with Gasteiger partial charge in [0.05, 0.1) is 6.54 Å². The summed E-state index contributed by atoms with van der Waals surface area (Å²) in [5.74, 6) is 2.23. The summed E-state index contributed by atoms with van der Waals surface area (Å²) in [4.78, 5) is 9.36. The number of carbonyl (C=O) groups is 1. The number of nitrogens with one attached hydrogen (secondary N) is 2. The molecule has 0 aliphatic carbocycles. The number of rotatable bonds is 2. The Bertz CT molecular complexity index is 85.5. The highest BCUT2D eigenvalue weighted by atomic mass is 16.1. The van der Waals surface area contributed by atoms with Crippen molar-refractivity contribution >= 4 is 6.41 Å². The van der Waals surface area contributed by atoms with Gasteiger partial charge in [-0.15, -0.1) is 6.42 Å². The van der Waals surface area contributed by atoms with E-state index in [9.17, 15) is 4.79 Å². The fourth-order valence-electron chi connectivity index (χ4n) is 0.101. The first-order chi connectivity index (χ1) is 4.33. The molecule has 0 saturated carbocycles. The highest BCUT2D eigenvalue weighted by Gasteiger charge is 1.63. The van der Waals surface area contributed by atoms with Gasteiger partial charge in [0.1, 0.15) is 0 Å². The molecule has 3 heteroatoms. The fraction of sp³-hybridized carbons (Fsp3) is 0.500. The minimum atomic E-state index is 0.323. The summed E-state index contributed by atoms with van der Waals surface area (Å²) < 4.78 is 0. The summed E-state index contributed by atoms with van der Waals surface area (Å²) in [6.45, 7) is 0.323. The standard InChI is InChI=1S/C4H5NO.C2H7N/c1-2-3-5-4-6;1-3-2/h1,4H,3H2,(H,5,6);3H,1-2H3. The van der Waals surface area contributed by atoms with Gasteiger partial charge in [-0.05, 0) is 14.1 Å². The lowest BCUT2D eigenvalue weighted by molar-refractivity contribution is -0.109. The van der Waals surface area contributed by atoms with Crippen LogP contribution in [-0.2, 0) is 4.79 Å². The molecular formula is C6H12N2O. The smallest absolute Gasteiger partial charge is 0.207 e. The van der Waals surface area contributed by atoms with E-state index in [0.717, 1.165) is 0 Å². The van der Waals surface area contributed by atoms with E-state index < -0.39 is 0 Å². The Balaban J connectivity index is 0. The molecule has 0 aromatic heterocycles. The van der Waals surface area contributed by atoms with Crippen LogP contribution in [0.3, 0.4) is 0 Å². The van der Waals surface area contributed by atoms with Crippen LogP contribution in [0.15, 0.2) is 0 Å². The molecule has 2 N–H and O–H groups in total. The second kappa shape index (κ2) is 15.8. The third-order valence-corrected chi connectivity index (χ3v) is 0.287. The summed E-state index contributed by atoms with van der Waals surface area (Å²) in [5.41, 5.74) is 0. The summed E-state index contributed by atoms with van der Waals surface area (Å²) in [6, 6.07) is 0. The Labute approximate surface area is 55.8 Å². The van der Waals surface area contributed by atoms with Crippen LogP contribution in [0.1, 0.15) is 0 Å². The zero-order valence-corrected chi connectivity index (χ0v) is 5.77. The van der Waals surface area contributed by atoms with Crippen molar-refractivity contribution in [2.75, 3.05) is 20.6 Å². The molecule has 0 heterocycles. The van der Waals surface area contributed by atoms with Crippen LogP contribution in [0.25, 0.3) is 0 Å². The van der Waals surface area contributed by atoms with Gasteiger partial charge in [0.15, 0.2) is 0 Å². The summed E-state index contributed by atoms with van der Waals surface area (Å²) in [5, 5.41) is 5.03. The van der Waals surface area contributed by atoms with E-state index in [2.05, 4.69) is 16.6 Å². The van der Waals surface area contributed by atoms with Crippen LogP contribution in [0.2, 0.25) is 0 Å². The first kappa shape index (κ1) is 10.9. The molecule has 0 unspecified atom stereocenters. The Morgan fingerprint density at radius 1 is 1.67 bits per heavy atom. The second-order valence-electron chi connectivity index (χ2n) is 1.20. The quantitative estimate of drug-likeness (QED) is 0.290. The van der Waals surface area contributed by atoms with Crippen molar-refractivity contribution in [3.63, 3.8) is 0 Å². The molecule has 3 nitrogen and oxygen atoms in total. The van der Waals surface area contributed by atoms with Crippen LogP contribution in [0.4, 0.5) is 0 Å². The molecule has 0 fully saturated rings. The van der Waals surface area contributed by atoms with Crippen molar-refractivity contribution in [3.05, 3.63) is 0 Å². The summed E-state index contributed by atoms with van der Waals surface area (Å²) >= 11 is 0. The Morgan fingerprint density at radius 2 is 2.11 bits per heavy atom. The minimum Gasteiger partial charge on any atom is -0.348 e. The van der Waals surface area contributed by atoms with Crippen LogP contribution in [-0.4, -0.2) is 27.1 Å². The first-order valence-corrected chi connectivity index (χ1v) is 2.52. The highest BCUT2D eigenvalue weighted by Crippen LogP contribution is 1.40. The van der Waals surface area contributed by atoms with Crippen LogP contribution >= 0.6 is 0 Å². The Hall–Kier alpha value is -1.01. The molecule has 0 aliphatic heterocycles. The maximum atomic E-state index is 9.36. The molecule has 0 atom stereocenters. The normalized spacial score (nSPS) is 5.89. The molecule has 52 valence electrons.